The van der Waals surface area contributed by atoms with Crippen LogP contribution in [0.15, 0.2) is 18.2 Å². The maximum Gasteiger partial charge on any atom is 0.207 e. The molecular formula is C13H7ClF5NO. The molecule has 0 radical (unpaired) electrons. The molecule has 0 saturated heterocycles. The normalized spacial score (nSPS) is 10.8. The molecule has 0 aliphatic rings. The van der Waals surface area contributed by atoms with Gasteiger partial charge in [-0.15, -0.1) is 0 Å². The van der Waals surface area contributed by atoms with Crippen molar-refractivity contribution in [2.75, 3.05) is 5.73 Å². The first-order chi connectivity index (χ1) is 9.82. The summed E-state index contributed by atoms with van der Waals surface area (Å²) in [4.78, 5) is 0. The third-order valence-electron chi connectivity index (χ3n) is 2.65. The standard InChI is InChI=1S/C13H7ClF5NO/c14-6-1-2-7(20)5(3-6)4-21-13-11(18)9(16)8(15)10(17)12(13)19/h1-3H,4,20H2. The molecular weight excluding hydrogens is 317 g/mol. The molecule has 0 heterocycles. The fraction of sp³-hybridized carbons (Fsp3) is 0.0769. The minimum atomic E-state index is -2.25. The fourth-order valence-electron chi connectivity index (χ4n) is 1.56. The third-order valence-corrected chi connectivity index (χ3v) is 2.88. The SMILES string of the molecule is Nc1ccc(Cl)cc1COc1c(F)c(F)c(F)c(F)c1F. The molecule has 0 amide bonds. The van der Waals surface area contributed by atoms with E-state index in [0.717, 1.165) is 0 Å². The average Bonchev–Trinajstić information content (AvgIpc) is 2.46. The molecule has 0 aliphatic heterocycles. The van der Waals surface area contributed by atoms with Crippen LogP contribution in [0.3, 0.4) is 0 Å². The molecule has 112 valence electrons. The van der Waals surface area contributed by atoms with E-state index in [2.05, 4.69) is 4.74 Å². The van der Waals surface area contributed by atoms with E-state index in [0.29, 0.717) is 0 Å². The first-order valence-corrected chi connectivity index (χ1v) is 5.88. The molecule has 8 heteroatoms. The second kappa shape index (κ2) is 5.77. The third kappa shape index (κ3) is 2.87. The van der Waals surface area contributed by atoms with Crippen molar-refractivity contribution in [2.24, 2.45) is 0 Å². The lowest BCUT2D eigenvalue weighted by molar-refractivity contribution is 0.254. The summed E-state index contributed by atoms with van der Waals surface area (Å²) in [6, 6.07) is 4.24. The summed E-state index contributed by atoms with van der Waals surface area (Å²) in [5, 5.41) is 0.278. The molecule has 2 aromatic rings. The Kier molecular flexibility index (Phi) is 4.22. The number of ether oxygens (including phenoxy) is 1. The van der Waals surface area contributed by atoms with Gasteiger partial charge >= 0.3 is 0 Å². The van der Waals surface area contributed by atoms with Gasteiger partial charge in [0.25, 0.3) is 0 Å². The lowest BCUT2D eigenvalue weighted by Crippen LogP contribution is -2.08. The van der Waals surface area contributed by atoms with Crippen molar-refractivity contribution in [3.8, 4) is 5.75 Å². The van der Waals surface area contributed by atoms with Gasteiger partial charge in [-0.3, -0.25) is 0 Å². The zero-order chi connectivity index (χ0) is 15.7. The molecule has 0 saturated carbocycles. The number of nitrogen functional groups attached to an aromatic ring is 1. The summed E-state index contributed by atoms with van der Waals surface area (Å²) in [6.07, 6.45) is 0. The van der Waals surface area contributed by atoms with Crippen LogP contribution in [-0.4, -0.2) is 0 Å². The van der Waals surface area contributed by atoms with Crippen LogP contribution in [-0.2, 0) is 6.61 Å². The fourth-order valence-corrected chi connectivity index (χ4v) is 1.76. The monoisotopic (exact) mass is 323 g/mol. The van der Waals surface area contributed by atoms with Crippen molar-refractivity contribution in [1.29, 1.82) is 0 Å². The van der Waals surface area contributed by atoms with Crippen LogP contribution in [0.4, 0.5) is 27.6 Å². The molecule has 0 spiro atoms. The van der Waals surface area contributed by atoms with Gasteiger partial charge in [0.2, 0.25) is 29.1 Å². The second-order valence-electron chi connectivity index (χ2n) is 4.03. The predicted molar refractivity (Wildman–Crippen MR) is 66.4 cm³/mol. The number of benzene rings is 2. The quantitative estimate of drug-likeness (QED) is 0.398. The van der Waals surface area contributed by atoms with Gasteiger partial charge in [0.05, 0.1) is 0 Å². The Bertz CT molecular complexity index is 678. The Balaban J connectivity index is 2.35. The van der Waals surface area contributed by atoms with Crippen LogP contribution in [0, 0.1) is 29.1 Å². The maximum atomic E-state index is 13.4. The first kappa shape index (κ1) is 15.4. The number of anilines is 1. The van der Waals surface area contributed by atoms with Crippen LogP contribution in [0.25, 0.3) is 0 Å². The van der Waals surface area contributed by atoms with E-state index in [1.807, 2.05) is 0 Å². The molecule has 2 N–H and O–H groups in total. The van der Waals surface area contributed by atoms with Gasteiger partial charge in [0.1, 0.15) is 6.61 Å². The van der Waals surface area contributed by atoms with E-state index in [1.165, 1.54) is 18.2 Å². The van der Waals surface area contributed by atoms with Crippen LogP contribution in [0.5, 0.6) is 5.75 Å². The van der Waals surface area contributed by atoms with E-state index >= 15 is 0 Å². The molecule has 0 unspecified atom stereocenters. The van der Waals surface area contributed by atoms with E-state index in [-0.39, 0.29) is 16.3 Å². The van der Waals surface area contributed by atoms with Crippen molar-refractivity contribution < 1.29 is 26.7 Å². The largest absolute Gasteiger partial charge is 0.483 e. The Morgan fingerprint density at radius 1 is 0.905 bits per heavy atom. The first-order valence-electron chi connectivity index (χ1n) is 5.51. The highest BCUT2D eigenvalue weighted by atomic mass is 35.5. The topological polar surface area (TPSA) is 35.2 Å². The van der Waals surface area contributed by atoms with E-state index in [4.69, 9.17) is 17.3 Å². The van der Waals surface area contributed by atoms with Gasteiger partial charge in [-0.05, 0) is 18.2 Å². The number of halogens is 6. The summed E-state index contributed by atoms with van der Waals surface area (Å²) in [5.41, 5.74) is 6.02. The lowest BCUT2D eigenvalue weighted by atomic mass is 10.2. The molecule has 2 nitrogen and oxygen atoms in total. The van der Waals surface area contributed by atoms with Gasteiger partial charge in [0, 0.05) is 16.3 Å². The number of nitrogens with two attached hydrogens (primary N) is 1. The van der Waals surface area contributed by atoms with Gasteiger partial charge in [-0.2, -0.15) is 8.78 Å². The highest BCUT2D eigenvalue weighted by Crippen LogP contribution is 2.30. The molecule has 0 fully saturated rings. The molecule has 0 atom stereocenters. The van der Waals surface area contributed by atoms with Crippen LogP contribution in [0.1, 0.15) is 5.56 Å². The maximum absolute atomic E-state index is 13.4. The summed E-state index contributed by atoms with van der Waals surface area (Å²) in [6.45, 7) is -0.509. The molecule has 21 heavy (non-hydrogen) atoms. The Labute approximate surface area is 120 Å². The molecule has 2 aromatic carbocycles. The Hall–Kier alpha value is -2.02. The van der Waals surface area contributed by atoms with Crippen molar-refractivity contribution in [1.82, 2.24) is 0 Å². The number of hydrogen-bond donors (Lipinski definition) is 1. The highest BCUT2D eigenvalue weighted by molar-refractivity contribution is 6.30. The summed E-state index contributed by atoms with van der Waals surface area (Å²) in [5.74, 6) is -11.9. The molecule has 0 aliphatic carbocycles. The van der Waals surface area contributed by atoms with Gasteiger partial charge in [-0.1, -0.05) is 11.6 Å². The number of hydrogen-bond acceptors (Lipinski definition) is 2. The van der Waals surface area contributed by atoms with E-state index < -0.39 is 41.4 Å². The van der Waals surface area contributed by atoms with Crippen molar-refractivity contribution >= 4 is 17.3 Å². The Morgan fingerprint density at radius 2 is 1.43 bits per heavy atom. The highest BCUT2D eigenvalue weighted by Gasteiger charge is 2.27. The van der Waals surface area contributed by atoms with Crippen molar-refractivity contribution in [3.05, 3.63) is 57.9 Å². The van der Waals surface area contributed by atoms with E-state index in [1.54, 1.807) is 0 Å². The van der Waals surface area contributed by atoms with E-state index in [9.17, 15) is 22.0 Å². The van der Waals surface area contributed by atoms with Gasteiger partial charge in [0.15, 0.2) is 5.75 Å². The van der Waals surface area contributed by atoms with Gasteiger partial charge < -0.3 is 10.5 Å². The summed E-state index contributed by atoms with van der Waals surface area (Å²) in [7, 11) is 0. The predicted octanol–water partition coefficient (Wildman–Crippen LogP) is 4.20. The van der Waals surface area contributed by atoms with Crippen LogP contribution < -0.4 is 10.5 Å². The average molecular weight is 324 g/mol. The second-order valence-corrected chi connectivity index (χ2v) is 4.47. The Morgan fingerprint density at radius 3 is 2.00 bits per heavy atom. The van der Waals surface area contributed by atoms with Crippen LogP contribution in [0.2, 0.25) is 5.02 Å². The summed E-state index contributed by atoms with van der Waals surface area (Å²) >= 11 is 5.70. The number of rotatable bonds is 3. The molecule has 0 bridgehead atoms. The lowest BCUT2D eigenvalue weighted by Gasteiger charge is -2.11. The zero-order valence-corrected chi connectivity index (χ0v) is 10.9. The molecule has 2 rings (SSSR count). The smallest absolute Gasteiger partial charge is 0.207 e. The van der Waals surface area contributed by atoms with Crippen molar-refractivity contribution in [2.45, 2.75) is 6.61 Å². The molecule has 0 aromatic heterocycles. The minimum absolute atomic E-state index is 0.197. The summed E-state index contributed by atoms with van der Waals surface area (Å²) < 4.78 is 70.3. The van der Waals surface area contributed by atoms with Crippen molar-refractivity contribution in [3.63, 3.8) is 0 Å². The van der Waals surface area contributed by atoms with Crippen LogP contribution >= 0.6 is 11.6 Å². The minimum Gasteiger partial charge on any atom is -0.483 e. The van der Waals surface area contributed by atoms with Gasteiger partial charge in [-0.25, -0.2) is 13.2 Å². The zero-order valence-electron chi connectivity index (χ0n) is 10.2.